The van der Waals surface area contributed by atoms with Gasteiger partial charge in [-0.1, -0.05) is 23.4 Å². The highest BCUT2D eigenvalue weighted by atomic mass is 32.1. The summed E-state index contributed by atoms with van der Waals surface area (Å²) in [4.78, 5) is 15.2. The second-order valence-electron chi connectivity index (χ2n) is 7.25. The van der Waals surface area contributed by atoms with E-state index in [9.17, 15) is 9.18 Å². The van der Waals surface area contributed by atoms with Gasteiger partial charge in [-0.2, -0.15) is 0 Å². The number of rotatable bonds is 7. The van der Waals surface area contributed by atoms with Crippen molar-refractivity contribution in [3.8, 4) is 10.6 Å². The summed E-state index contributed by atoms with van der Waals surface area (Å²) in [5.41, 5.74) is 7.78. The Kier molecular flexibility index (Phi) is 6.03. The van der Waals surface area contributed by atoms with Gasteiger partial charge < -0.3 is 9.42 Å². The molecule has 0 aliphatic carbocycles. The number of nitrogens with one attached hydrogen (secondary N) is 2. The van der Waals surface area contributed by atoms with E-state index in [2.05, 4.69) is 16.0 Å². The van der Waals surface area contributed by atoms with Crippen LogP contribution < -0.4 is 10.9 Å². The Bertz CT molecular complexity index is 959. The van der Waals surface area contributed by atoms with Crippen LogP contribution in [0.2, 0.25) is 0 Å². The van der Waals surface area contributed by atoms with E-state index in [-0.39, 0.29) is 23.8 Å². The maximum atomic E-state index is 13.4. The summed E-state index contributed by atoms with van der Waals surface area (Å²) in [6.07, 6.45) is 2.65. The lowest BCUT2D eigenvalue weighted by molar-refractivity contribution is 0.0781. The first-order valence-corrected chi connectivity index (χ1v) is 10.5. The molecular weight excluding hydrogens is 391 g/mol. The second-order valence-corrected chi connectivity index (χ2v) is 8.20. The maximum Gasteiger partial charge on any atom is 0.275 e. The molecule has 2 aromatic heterocycles. The number of nitrogens with zero attached hydrogens (tertiary/aromatic N) is 2. The molecule has 3 heterocycles. The Hall–Kier alpha value is -2.55. The third-order valence-electron chi connectivity index (χ3n) is 5.12. The fraction of sp³-hybridized carbons (Fsp3) is 0.333. The largest absolute Gasteiger partial charge is 0.355 e. The molecular formula is C21H23FN4O2S. The SMILES string of the molecule is CN(CCCC1CC(c2cccc(F)c2)NN1)C(=O)c1cc(-c2cccs2)on1. The van der Waals surface area contributed by atoms with E-state index in [1.165, 1.54) is 6.07 Å². The van der Waals surface area contributed by atoms with Crippen molar-refractivity contribution in [1.82, 2.24) is 20.9 Å². The Morgan fingerprint density at radius 1 is 1.31 bits per heavy atom. The number of carbonyl (C=O) groups excluding carboxylic acids is 1. The minimum absolute atomic E-state index is 0.0980. The molecule has 152 valence electrons. The van der Waals surface area contributed by atoms with Crippen LogP contribution in [0, 0.1) is 5.82 Å². The van der Waals surface area contributed by atoms with Gasteiger partial charge in [0.2, 0.25) is 0 Å². The van der Waals surface area contributed by atoms with Gasteiger partial charge >= 0.3 is 0 Å². The summed E-state index contributed by atoms with van der Waals surface area (Å²) >= 11 is 1.54. The molecule has 1 saturated heterocycles. The molecule has 2 atom stereocenters. The van der Waals surface area contributed by atoms with Crippen LogP contribution in [-0.2, 0) is 0 Å². The average molecular weight is 415 g/mol. The molecule has 8 heteroatoms. The lowest BCUT2D eigenvalue weighted by atomic mass is 9.99. The van der Waals surface area contributed by atoms with Crippen molar-refractivity contribution < 1.29 is 13.7 Å². The van der Waals surface area contributed by atoms with Crippen LogP contribution >= 0.6 is 11.3 Å². The normalized spacial score (nSPS) is 18.8. The summed E-state index contributed by atoms with van der Waals surface area (Å²) in [7, 11) is 1.78. The second kappa shape index (κ2) is 8.86. The van der Waals surface area contributed by atoms with E-state index in [0.717, 1.165) is 29.7 Å². The zero-order chi connectivity index (χ0) is 20.2. The molecule has 3 aromatic rings. The Morgan fingerprint density at radius 3 is 3.00 bits per heavy atom. The number of benzene rings is 1. The van der Waals surface area contributed by atoms with Crippen molar-refractivity contribution in [2.75, 3.05) is 13.6 Å². The lowest BCUT2D eigenvalue weighted by Gasteiger charge is -2.17. The Labute approximate surface area is 172 Å². The molecule has 0 spiro atoms. The summed E-state index contributed by atoms with van der Waals surface area (Å²) < 4.78 is 18.7. The molecule has 2 unspecified atom stereocenters. The summed E-state index contributed by atoms with van der Waals surface area (Å²) in [6, 6.07) is 12.6. The highest BCUT2D eigenvalue weighted by Gasteiger charge is 2.25. The number of thiophene rings is 1. The van der Waals surface area contributed by atoms with Gasteiger partial charge in [-0.05, 0) is 48.4 Å². The van der Waals surface area contributed by atoms with Crippen LogP contribution in [0.15, 0.2) is 52.4 Å². The number of halogens is 1. The van der Waals surface area contributed by atoms with Crippen LogP contribution in [0.4, 0.5) is 4.39 Å². The Morgan fingerprint density at radius 2 is 2.21 bits per heavy atom. The molecule has 1 aliphatic rings. The maximum absolute atomic E-state index is 13.4. The molecule has 0 radical (unpaired) electrons. The molecule has 4 rings (SSSR count). The summed E-state index contributed by atoms with van der Waals surface area (Å²) in [5, 5.41) is 5.87. The zero-order valence-electron chi connectivity index (χ0n) is 16.1. The molecule has 2 N–H and O–H groups in total. The highest BCUT2D eigenvalue weighted by Crippen LogP contribution is 2.26. The van der Waals surface area contributed by atoms with Gasteiger partial charge in [-0.25, -0.2) is 4.39 Å². The molecule has 29 heavy (non-hydrogen) atoms. The van der Waals surface area contributed by atoms with Crippen molar-refractivity contribution in [2.45, 2.75) is 31.3 Å². The van der Waals surface area contributed by atoms with Crippen LogP contribution in [-0.4, -0.2) is 35.6 Å². The van der Waals surface area contributed by atoms with E-state index in [1.807, 2.05) is 23.6 Å². The van der Waals surface area contributed by atoms with Gasteiger partial charge in [-0.15, -0.1) is 11.3 Å². The van der Waals surface area contributed by atoms with E-state index in [4.69, 9.17) is 4.52 Å². The first-order chi connectivity index (χ1) is 14.1. The minimum Gasteiger partial charge on any atom is -0.355 e. The number of carbonyl (C=O) groups is 1. The standard InChI is InChI=1S/C21H23FN4O2S/c1-26(21(27)18-13-19(28-25-18)20-8-4-10-29-20)9-3-7-16-12-17(24-23-16)14-5-2-6-15(22)11-14/h2,4-6,8,10-11,13,16-17,23-24H,3,7,9,12H2,1H3. The smallest absolute Gasteiger partial charge is 0.275 e. The van der Waals surface area contributed by atoms with Gasteiger partial charge in [0, 0.05) is 31.7 Å². The van der Waals surface area contributed by atoms with E-state index >= 15 is 0 Å². The third kappa shape index (κ3) is 4.72. The Balaban J connectivity index is 1.24. The number of amides is 1. The number of aromatic nitrogens is 1. The van der Waals surface area contributed by atoms with Gasteiger partial charge in [0.05, 0.1) is 4.88 Å². The molecule has 0 bridgehead atoms. The van der Waals surface area contributed by atoms with Crippen LogP contribution in [0.5, 0.6) is 0 Å². The minimum atomic E-state index is -0.219. The predicted octanol–water partition coefficient (Wildman–Crippen LogP) is 4.00. The third-order valence-corrected chi connectivity index (χ3v) is 6.00. The number of hydrazine groups is 1. The fourth-order valence-corrected chi connectivity index (χ4v) is 4.21. The van der Waals surface area contributed by atoms with Crippen LogP contribution in [0.25, 0.3) is 10.6 Å². The highest BCUT2D eigenvalue weighted by molar-refractivity contribution is 7.13. The van der Waals surface area contributed by atoms with E-state index in [1.54, 1.807) is 41.5 Å². The van der Waals surface area contributed by atoms with E-state index in [0.29, 0.717) is 18.0 Å². The monoisotopic (exact) mass is 414 g/mol. The molecule has 1 amide bonds. The van der Waals surface area contributed by atoms with Crippen molar-refractivity contribution in [3.05, 3.63) is 64.9 Å². The first kappa shape index (κ1) is 19.8. The van der Waals surface area contributed by atoms with Gasteiger partial charge in [0.15, 0.2) is 11.5 Å². The summed E-state index contributed by atoms with van der Waals surface area (Å²) in [5.74, 6) is 0.246. The van der Waals surface area contributed by atoms with Crippen molar-refractivity contribution in [3.63, 3.8) is 0 Å². The topological polar surface area (TPSA) is 70.4 Å². The van der Waals surface area contributed by atoms with Gasteiger partial charge in [-0.3, -0.25) is 15.6 Å². The number of hydrogen-bond donors (Lipinski definition) is 2. The lowest BCUT2D eigenvalue weighted by Crippen LogP contribution is -2.32. The predicted molar refractivity (Wildman–Crippen MR) is 110 cm³/mol. The van der Waals surface area contributed by atoms with Gasteiger partial charge in [0.25, 0.3) is 5.91 Å². The van der Waals surface area contributed by atoms with Crippen molar-refractivity contribution in [1.29, 1.82) is 0 Å². The first-order valence-electron chi connectivity index (χ1n) is 9.63. The van der Waals surface area contributed by atoms with Gasteiger partial charge in [0.1, 0.15) is 5.82 Å². The van der Waals surface area contributed by atoms with Crippen molar-refractivity contribution in [2.24, 2.45) is 0 Å². The average Bonchev–Trinajstić information content (AvgIpc) is 3.48. The molecule has 1 aliphatic heterocycles. The molecule has 1 aromatic carbocycles. The zero-order valence-corrected chi connectivity index (χ0v) is 16.9. The molecule has 6 nitrogen and oxygen atoms in total. The summed E-state index contributed by atoms with van der Waals surface area (Å²) in [6.45, 7) is 0.628. The number of hydrogen-bond acceptors (Lipinski definition) is 6. The van der Waals surface area contributed by atoms with Crippen molar-refractivity contribution >= 4 is 17.2 Å². The molecule has 0 saturated carbocycles. The van der Waals surface area contributed by atoms with E-state index < -0.39 is 0 Å². The van der Waals surface area contributed by atoms with Crippen LogP contribution in [0.1, 0.15) is 41.4 Å². The molecule has 1 fully saturated rings. The fourth-order valence-electron chi connectivity index (χ4n) is 3.54. The van der Waals surface area contributed by atoms with Crippen LogP contribution in [0.3, 0.4) is 0 Å². The quantitative estimate of drug-likeness (QED) is 0.612.